The van der Waals surface area contributed by atoms with Crippen molar-refractivity contribution in [3.8, 4) is 0 Å². The maximum atomic E-state index is 14.8. The minimum Gasteiger partial charge on any atom is -0.353 e. The van der Waals surface area contributed by atoms with E-state index in [1.165, 1.54) is 23.1 Å². The van der Waals surface area contributed by atoms with Gasteiger partial charge in [0, 0.05) is 24.0 Å². The van der Waals surface area contributed by atoms with Gasteiger partial charge in [-0.1, -0.05) is 85.8 Å². The second kappa shape index (κ2) is 9.46. The molecule has 6 aliphatic rings. The number of fused-ring (bicyclic) bond motifs is 3. The predicted octanol–water partition coefficient (Wildman–Crippen LogP) is 5.87. The minimum atomic E-state index is -0.324. The molecule has 7 unspecified atom stereocenters. The number of carbonyl (C=O) groups is 1. The third-order valence-corrected chi connectivity index (χ3v) is 11.5. The molecular weight excluding hydrogens is 490 g/mol. The van der Waals surface area contributed by atoms with Crippen molar-refractivity contribution in [1.29, 1.82) is 0 Å². The van der Waals surface area contributed by atoms with Crippen LogP contribution in [0.25, 0.3) is 0 Å². The number of carbonyl (C=O) groups excluding carboxylic acids is 1. The Hall–Kier alpha value is -3.14. The van der Waals surface area contributed by atoms with Gasteiger partial charge in [0.15, 0.2) is 6.04 Å². The molecule has 0 spiro atoms. The molecular formula is C36H41N3O. The highest BCUT2D eigenvalue weighted by Crippen LogP contribution is 2.62. The molecule has 8 rings (SSSR count). The molecule has 3 fully saturated rings. The van der Waals surface area contributed by atoms with Crippen molar-refractivity contribution >= 4 is 12.2 Å². The van der Waals surface area contributed by atoms with Gasteiger partial charge in [0.05, 0.1) is 12.4 Å². The van der Waals surface area contributed by atoms with E-state index in [-0.39, 0.29) is 29.4 Å². The van der Waals surface area contributed by atoms with Crippen molar-refractivity contribution in [3.05, 3.63) is 95.6 Å². The first-order chi connectivity index (χ1) is 19.6. The molecule has 2 aromatic rings. The zero-order chi connectivity index (χ0) is 26.8. The van der Waals surface area contributed by atoms with E-state index in [4.69, 9.17) is 4.99 Å². The Morgan fingerprint density at radius 3 is 2.55 bits per heavy atom. The van der Waals surface area contributed by atoms with Crippen LogP contribution in [0, 0.1) is 29.1 Å². The normalized spacial score (nSPS) is 37.5. The summed E-state index contributed by atoms with van der Waals surface area (Å²) in [5.41, 5.74) is 4.28. The fourth-order valence-electron chi connectivity index (χ4n) is 9.10. The highest BCUT2D eigenvalue weighted by Gasteiger charge is 2.64. The van der Waals surface area contributed by atoms with E-state index in [1.54, 1.807) is 0 Å². The third kappa shape index (κ3) is 4.01. The fraction of sp³-hybridized carbons (Fsp3) is 0.500. The van der Waals surface area contributed by atoms with Crippen LogP contribution < -0.4 is 0 Å². The number of aliphatic imine (C=N–C) groups is 1. The molecule has 0 radical (unpaired) electrons. The SMILES string of the molecule is CC1C2CCCN(C(=O)C3N=CN(C4Cc5ccccc5C4)C3C34C=CC=CC3C4)[C@H](Cc3ccccc3)CC12. The highest BCUT2D eigenvalue weighted by molar-refractivity contribution is 5.87. The number of amides is 1. The standard InChI is InChI=1S/C36H41N3O/c1-24-31-15-9-17-38(29(21-32(24)31)18-25-10-3-2-4-11-25)35(40)33-34(36-16-8-7-14-28(36)22-36)39(23-37-33)30-19-26-12-5-6-13-27(26)20-30/h2-8,10-14,16,23-24,28-34H,9,15,17-22H2,1H3/t24?,28?,29-,31?,32?,33?,34?,36?/m1/s1. The van der Waals surface area contributed by atoms with Crippen LogP contribution >= 0.6 is 0 Å². The quantitative estimate of drug-likeness (QED) is 0.484. The van der Waals surface area contributed by atoms with E-state index in [2.05, 4.69) is 102 Å². The molecule has 4 aliphatic carbocycles. The molecule has 2 heterocycles. The van der Waals surface area contributed by atoms with Crippen molar-refractivity contribution in [3.63, 3.8) is 0 Å². The summed E-state index contributed by atoms with van der Waals surface area (Å²) in [6.45, 7) is 3.29. The average molecular weight is 532 g/mol. The van der Waals surface area contributed by atoms with Gasteiger partial charge in [-0.2, -0.15) is 0 Å². The van der Waals surface area contributed by atoms with Gasteiger partial charge in [-0.25, -0.2) is 0 Å². The Labute approximate surface area is 238 Å². The average Bonchev–Trinajstić information content (AvgIpc) is 3.65. The van der Waals surface area contributed by atoms with Crippen LogP contribution in [0.1, 0.15) is 49.3 Å². The Bertz CT molecular complexity index is 1350. The molecule has 2 aliphatic heterocycles. The monoisotopic (exact) mass is 531 g/mol. The number of nitrogens with zero attached hydrogens (tertiary/aromatic N) is 3. The van der Waals surface area contributed by atoms with E-state index in [1.807, 2.05) is 0 Å². The van der Waals surface area contributed by atoms with Gasteiger partial charge in [-0.3, -0.25) is 9.79 Å². The number of hydrogen-bond acceptors (Lipinski definition) is 3. The second-order valence-corrected chi connectivity index (χ2v) is 13.5. The summed E-state index contributed by atoms with van der Waals surface area (Å²) < 4.78 is 0. The fourth-order valence-corrected chi connectivity index (χ4v) is 9.10. The highest BCUT2D eigenvalue weighted by atomic mass is 16.2. The van der Waals surface area contributed by atoms with Gasteiger partial charge in [-0.15, -0.1) is 0 Å². The number of hydrogen-bond donors (Lipinski definition) is 0. The van der Waals surface area contributed by atoms with Crippen molar-refractivity contribution in [1.82, 2.24) is 9.80 Å². The van der Waals surface area contributed by atoms with Gasteiger partial charge >= 0.3 is 0 Å². The molecule has 2 saturated carbocycles. The van der Waals surface area contributed by atoms with Crippen molar-refractivity contribution < 1.29 is 4.79 Å². The third-order valence-electron chi connectivity index (χ3n) is 11.5. The molecule has 1 amide bonds. The zero-order valence-electron chi connectivity index (χ0n) is 23.6. The maximum Gasteiger partial charge on any atom is 0.249 e. The summed E-state index contributed by atoms with van der Waals surface area (Å²) in [7, 11) is 0. The van der Waals surface area contributed by atoms with Crippen molar-refractivity contribution in [2.75, 3.05) is 6.54 Å². The summed E-state index contributed by atoms with van der Waals surface area (Å²) in [4.78, 5) is 24.8. The summed E-state index contributed by atoms with van der Waals surface area (Å²) in [5.74, 6) is 3.22. The second-order valence-electron chi connectivity index (χ2n) is 13.5. The maximum absolute atomic E-state index is 14.8. The summed E-state index contributed by atoms with van der Waals surface area (Å²) in [5, 5.41) is 0. The molecule has 0 bridgehead atoms. The lowest BCUT2D eigenvalue weighted by Gasteiger charge is -2.41. The van der Waals surface area contributed by atoms with Crippen LogP contribution in [0.3, 0.4) is 0 Å². The minimum absolute atomic E-state index is 0.0219. The van der Waals surface area contributed by atoms with Crippen molar-refractivity contribution in [2.24, 2.45) is 34.1 Å². The van der Waals surface area contributed by atoms with E-state index >= 15 is 0 Å². The van der Waals surface area contributed by atoms with E-state index in [0.29, 0.717) is 12.0 Å². The lowest BCUT2D eigenvalue weighted by atomic mass is 9.83. The van der Waals surface area contributed by atoms with Gasteiger partial charge < -0.3 is 9.80 Å². The molecule has 4 heteroatoms. The van der Waals surface area contributed by atoms with E-state index < -0.39 is 0 Å². The largest absolute Gasteiger partial charge is 0.353 e. The topological polar surface area (TPSA) is 35.9 Å². The number of rotatable bonds is 5. The lowest BCUT2D eigenvalue weighted by molar-refractivity contribution is -0.137. The Kier molecular flexibility index (Phi) is 5.83. The number of likely N-dealkylation sites (tertiary alicyclic amines) is 1. The first-order valence-electron chi connectivity index (χ1n) is 15.7. The van der Waals surface area contributed by atoms with E-state index in [9.17, 15) is 4.79 Å². The summed E-state index contributed by atoms with van der Waals surface area (Å²) in [6.07, 6.45) is 18.9. The number of benzene rings is 2. The first-order valence-corrected chi connectivity index (χ1v) is 15.7. The molecule has 0 N–H and O–H groups in total. The lowest BCUT2D eigenvalue weighted by Crippen LogP contribution is -2.56. The first kappa shape index (κ1) is 24.6. The van der Waals surface area contributed by atoms with Gasteiger partial charge in [0.2, 0.25) is 5.91 Å². The van der Waals surface area contributed by atoms with Crippen LogP contribution in [0.15, 0.2) is 83.9 Å². The van der Waals surface area contributed by atoms with Crippen LogP contribution in [-0.4, -0.2) is 52.8 Å². The van der Waals surface area contributed by atoms with Crippen LogP contribution in [-0.2, 0) is 24.1 Å². The zero-order valence-corrected chi connectivity index (χ0v) is 23.6. The predicted molar refractivity (Wildman–Crippen MR) is 160 cm³/mol. The van der Waals surface area contributed by atoms with Gasteiger partial charge in [-0.05, 0) is 85.3 Å². The van der Waals surface area contributed by atoms with Crippen LogP contribution in [0.4, 0.5) is 0 Å². The Morgan fingerprint density at radius 2 is 1.77 bits per heavy atom. The van der Waals surface area contributed by atoms with Crippen LogP contribution in [0.5, 0.6) is 0 Å². The summed E-state index contributed by atoms with van der Waals surface area (Å²) in [6, 6.07) is 20.1. The molecule has 1 saturated heterocycles. The van der Waals surface area contributed by atoms with E-state index in [0.717, 1.165) is 62.8 Å². The molecule has 40 heavy (non-hydrogen) atoms. The smallest absolute Gasteiger partial charge is 0.249 e. The molecule has 0 aromatic heterocycles. The Balaban J connectivity index is 1.11. The molecule has 4 nitrogen and oxygen atoms in total. The molecule has 8 atom stereocenters. The summed E-state index contributed by atoms with van der Waals surface area (Å²) >= 11 is 0. The van der Waals surface area contributed by atoms with Gasteiger partial charge in [0.25, 0.3) is 0 Å². The molecule has 206 valence electrons. The van der Waals surface area contributed by atoms with Gasteiger partial charge in [0.1, 0.15) is 0 Å². The van der Waals surface area contributed by atoms with Crippen molar-refractivity contribution in [2.45, 2.75) is 76.0 Å². The van der Waals surface area contributed by atoms with Crippen LogP contribution in [0.2, 0.25) is 0 Å². The molecule has 2 aromatic carbocycles. The number of allylic oxidation sites excluding steroid dienone is 3. The Morgan fingerprint density at radius 1 is 1.00 bits per heavy atom.